The minimum Gasteiger partial charge on any atom is -0.492 e. The number of morpholine rings is 1. The highest BCUT2D eigenvalue weighted by Gasteiger charge is 2.14. The Morgan fingerprint density at radius 3 is 3.05 bits per heavy atom. The zero-order chi connectivity index (χ0) is 15.0. The van der Waals surface area contributed by atoms with Gasteiger partial charge in [-0.15, -0.1) is 0 Å². The van der Waals surface area contributed by atoms with E-state index in [1.165, 1.54) is 23.5 Å². The van der Waals surface area contributed by atoms with Gasteiger partial charge in [-0.1, -0.05) is 12.1 Å². The van der Waals surface area contributed by atoms with Gasteiger partial charge in [0.15, 0.2) is 0 Å². The quantitative estimate of drug-likeness (QED) is 0.830. The van der Waals surface area contributed by atoms with E-state index in [0.29, 0.717) is 6.04 Å². The van der Waals surface area contributed by atoms with E-state index in [1.54, 1.807) is 0 Å². The zero-order valence-corrected chi connectivity index (χ0v) is 13.9. The van der Waals surface area contributed by atoms with Crippen LogP contribution >= 0.6 is 11.8 Å². The average Bonchev–Trinajstić information content (AvgIpc) is 3.08. The van der Waals surface area contributed by atoms with Crippen molar-refractivity contribution < 1.29 is 9.47 Å². The van der Waals surface area contributed by atoms with Crippen LogP contribution in [0.2, 0.25) is 0 Å². The number of nitrogens with one attached hydrogen (secondary N) is 1. The molecule has 122 valence electrons. The molecule has 2 aliphatic heterocycles. The van der Waals surface area contributed by atoms with E-state index in [2.05, 4.69) is 28.4 Å². The van der Waals surface area contributed by atoms with Crippen molar-refractivity contribution in [3.05, 3.63) is 29.8 Å². The van der Waals surface area contributed by atoms with Crippen LogP contribution in [0.4, 0.5) is 0 Å². The minimum atomic E-state index is 0.677. The highest BCUT2D eigenvalue weighted by Crippen LogP contribution is 2.18. The molecule has 3 rings (SSSR count). The molecule has 2 fully saturated rings. The lowest BCUT2D eigenvalue weighted by Gasteiger charge is -2.26. The first-order chi connectivity index (χ1) is 10.9. The summed E-state index contributed by atoms with van der Waals surface area (Å²) in [5.74, 6) is 3.52. The maximum atomic E-state index is 5.91. The van der Waals surface area contributed by atoms with E-state index < -0.39 is 0 Å². The highest BCUT2D eigenvalue weighted by molar-refractivity contribution is 7.99. The van der Waals surface area contributed by atoms with Crippen molar-refractivity contribution in [1.29, 1.82) is 0 Å². The Balaban J connectivity index is 1.40. The van der Waals surface area contributed by atoms with Gasteiger partial charge in [-0.25, -0.2) is 0 Å². The second kappa shape index (κ2) is 8.77. The third kappa shape index (κ3) is 5.16. The lowest BCUT2D eigenvalue weighted by Crippen LogP contribution is -2.38. The molecule has 1 aromatic carbocycles. The van der Waals surface area contributed by atoms with Crippen LogP contribution in [0, 0.1) is 0 Å². The van der Waals surface area contributed by atoms with Crippen LogP contribution in [-0.2, 0) is 11.3 Å². The number of ether oxygens (including phenoxy) is 2. The van der Waals surface area contributed by atoms with E-state index in [9.17, 15) is 0 Å². The predicted octanol–water partition coefficient (Wildman–Crippen LogP) is 1.99. The van der Waals surface area contributed by atoms with Gasteiger partial charge in [0.2, 0.25) is 0 Å². The first kappa shape index (κ1) is 16.1. The molecule has 0 saturated carbocycles. The van der Waals surface area contributed by atoms with Crippen LogP contribution in [0.15, 0.2) is 24.3 Å². The molecule has 2 heterocycles. The van der Waals surface area contributed by atoms with Crippen molar-refractivity contribution in [1.82, 2.24) is 10.2 Å². The summed E-state index contributed by atoms with van der Waals surface area (Å²) in [5.41, 5.74) is 1.31. The number of rotatable bonds is 7. The SMILES string of the molecule is c1cc(CN[C@H]2CCSC2)cc(OCCN2CCOCC2)c1. The Kier molecular flexibility index (Phi) is 6.43. The Labute approximate surface area is 137 Å². The summed E-state index contributed by atoms with van der Waals surface area (Å²) < 4.78 is 11.3. The average molecular weight is 322 g/mol. The molecule has 0 bridgehead atoms. The number of benzene rings is 1. The molecule has 1 atom stereocenters. The number of hydrogen-bond acceptors (Lipinski definition) is 5. The summed E-state index contributed by atoms with van der Waals surface area (Å²) in [6.45, 7) is 6.40. The largest absolute Gasteiger partial charge is 0.492 e. The standard InChI is InChI=1S/C17H26N2O2S/c1-2-15(13-18-16-4-11-22-14-16)12-17(3-1)21-10-7-19-5-8-20-9-6-19/h1-3,12,16,18H,4-11,13-14H2/t16-/m0/s1. The van der Waals surface area contributed by atoms with Gasteiger partial charge in [-0.3, -0.25) is 4.90 Å². The molecule has 2 aliphatic rings. The Hall–Kier alpha value is -0.750. The Morgan fingerprint density at radius 2 is 2.23 bits per heavy atom. The van der Waals surface area contributed by atoms with Crippen LogP contribution in [0.5, 0.6) is 5.75 Å². The normalized spacial score (nSPS) is 22.8. The summed E-state index contributed by atoms with van der Waals surface area (Å²) >= 11 is 2.04. The smallest absolute Gasteiger partial charge is 0.119 e. The molecular formula is C17H26N2O2S. The molecule has 0 amide bonds. The van der Waals surface area contributed by atoms with Gasteiger partial charge in [0.25, 0.3) is 0 Å². The zero-order valence-electron chi connectivity index (χ0n) is 13.1. The van der Waals surface area contributed by atoms with Gasteiger partial charge in [-0.05, 0) is 29.9 Å². The van der Waals surface area contributed by atoms with Crippen LogP contribution < -0.4 is 10.1 Å². The van der Waals surface area contributed by atoms with Crippen molar-refractivity contribution in [3.63, 3.8) is 0 Å². The van der Waals surface area contributed by atoms with Gasteiger partial charge in [0.05, 0.1) is 13.2 Å². The fraction of sp³-hybridized carbons (Fsp3) is 0.647. The molecule has 1 N–H and O–H groups in total. The number of nitrogens with zero attached hydrogens (tertiary/aromatic N) is 1. The van der Waals surface area contributed by atoms with E-state index in [4.69, 9.17) is 9.47 Å². The summed E-state index contributed by atoms with van der Waals surface area (Å²) in [4.78, 5) is 2.40. The minimum absolute atomic E-state index is 0.677. The van der Waals surface area contributed by atoms with Gasteiger partial charge >= 0.3 is 0 Å². The fourth-order valence-electron chi connectivity index (χ4n) is 2.82. The lowest BCUT2D eigenvalue weighted by atomic mass is 10.2. The Morgan fingerprint density at radius 1 is 1.32 bits per heavy atom. The molecule has 5 heteroatoms. The highest BCUT2D eigenvalue weighted by atomic mass is 32.2. The summed E-state index contributed by atoms with van der Waals surface area (Å²) in [6, 6.07) is 9.15. The lowest BCUT2D eigenvalue weighted by molar-refractivity contribution is 0.0322. The molecule has 22 heavy (non-hydrogen) atoms. The monoisotopic (exact) mass is 322 g/mol. The number of thioether (sulfide) groups is 1. The van der Waals surface area contributed by atoms with Crippen LogP contribution in [0.1, 0.15) is 12.0 Å². The van der Waals surface area contributed by atoms with Crippen LogP contribution in [-0.4, -0.2) is 61.9 Å². The Bertz CT molecular complexity index is 446. The van der Waals surface area contributed by atoms with Crippen molar-refractivity contribution in [2.45, 2.75) is 19.0 Å². The molecule has 1 aromatic rings. The van der Waals surface area contributed by atoms with Crippen LogP contribution in [0.3, 0.4) is 0 Å². The maximum Gasteiger partial charge on any atom is 0.119 e. The second-order valence-corrected chi connectivity index (χ2v) is 7.04. The van der Waals surface area contributed by atoms with E-state index in [-0.39, 0.29) is 0 Å². The molecular weight excluding hydrogens is 296 g/mol. The fourth-order valence-corrected chi connectivity index (χ4v) is 4.01. The molecule has 4 nitrogen and oxygen atoms in total. The molecule has 0 spiro atoms. The topological polar surface area (TPSA) is 33.7 Å². The van der Waals surface area contributed by atoms with Crippen molar-refractivity contribution in [3.8, 4) is 5.75 Å². The summed E-state index contributed by atoms with van der Waals surface area (Å²) in [6.07, 6.45) is 1.29. The van der Waals surface area contributed by atoms with Gasteiger partial charge in [0, 0.05) is 38.0 Å². The van der Waals surface area contributed by atoms with Gasteiger partial charge in [-0.2, -0.15) is 11.8 Å². The maximum absolute atomic E-state index is 5.91. The third-order valence-electron chi connectivity index (χ3n) is 4.20. The number of hydrogen-bond donors (Lipinski definition) is 1. The molecule has 2 saturated heterocycles. The van der Waals surface area contributed by atoms with Crippen molar-refractivity contribution >= 4 is 11.8 Å². The molecule has 0 radical (unpaired) electrons. The molecule has 0 unspecified atom stereocenters. The first-order valence-corrected chi connectivity index (χ1v) is 9.38. The van der Waals surface area contributed by atoms with Crippen LogP contribution in [0.25, 0.3) is 0 Å². The second-order valence-electron chi connectivity index (χ2n) is 5.89. The summed E-state index contributed by atoms with van der Waals surface area (Å²) in [7, 11) is 0. The predicted molar refractivity (Wildman–Crippen MR) is 91.8 cm³/mol. The molecule has 0 aromatic heterocycles. The molecule has 0 aliphatic carbocycles. The van der Waals surface area contributed by atoms with E-state index in [0.717, 1.165) is 51.7 Å². The van der Waals surface area contributed by atoms with Gasteiger partial charge in [0.1, 0.15) is 12.4 Å². The third-order valence-corrected chi connectivity index (χ3v) is 5.37. The van der Waals surface area contributed by atoms with Crippen molar-refractivity contribution in [2.24, 2.45) is 0 Å². The first-order valence-electron chi connectivity index (χ1n) is 8.23. The van der Waals surface area contributed by atoms with Crippen molar-refractivity contribution in [2.75, 3.05) is 51.0 Å². The summed E-state index contributed by atoms with van der Waals surface area (Å²) in [5, 5.41) is 3.63. The van der Waals surface area contributed by atoms with Gasteiger partial charge < -0.3 is 14.8 Å². The van der Waals surface area contributed by atoms with E-state index >= 15 is 0 Å². The van der Waals surface area contributed by atoms with E-state index in [1.807, 2.05) is 17.8 Å².